The van der Waals surface area contributed by atoms with Crippen molar-refractivity contribution in [1.82, 2.24) is 0 Å². The molecule has 2 aromatic carbocycles. The Morgan fingerprint density at radius 1 is 0.438 bits per heavy atom. The Labute approximate surface area is 197 Å². The van der Waals surface area contributed by atoms with Crippen molar-refractivity contribution in [2.45, 2.75) is 119 Å². The van der Waals surface area contributed by atoms with E-state index in [9.17, 15) is 10.2 Å². The molecule has 0 saturated heterocycles. The lowest BCUT2D eigenvalue weighted by Gasteiger charge is -2.26. The van der Waals surface area contributed by atoms with Crippen LogP contribution in [0.1, 0.15) is 113 Å². The molecule has 2 N–H and O–H groups in total. The molecule has 32 heavy (non-hydrogen) atoms. The molecule has 0 aromatic heterocycles. The highest BCUT2D eigenvalue weighted by Crippen LogP contribution is 2.44. The maximum Gasteiger partial charge on any atom is 0.119 e. The number of benzene rings is 2. The maximum absolute atomic E-state index is 11.0. The topological polar surface area (TPSA) is 40.5 Å². The van der Waals surface area contributed by atoms with Gasteiger partial charge < -0.3 is 10.2 Å². The predicted octanol–water partition coefficient (Wildman–Crippen LogP) is 8.48. The van der Waals surface area contributed by atoms with E-state index < -0.39 is 0 Å². The van der Waals surface area contributed by atoms with Gasteiger partial charge in [-0.1, -0.05) is 80.1 Å². The number of phenolic OH excluding ortho intramolecular Hbond substituents is 2. The molecule has 0 bridgehead atoms. The first-order valence-electron chi connectivity index (χ1n) is 13.2. The van der Waals surface area contributed by atoms with E-state index in [1.165, 1.54) is 33.4 Å². The van der Waals surface area contributed by atoms with Gasteiger partial charge in [0.2, 0.25) is 0 Å². The van der Waals surface area contributed by atoms with Gasteiger partial charge in [-0.3, -0.25) is 0 Å². The summed E-state index contributed by atoms with van der Waals surface area (Å²) in [4.78, 5) is 0. The summed E-state index contributed by atoms with van der Waals surface area (Å²) in [5.41, 5.74) is 10.3. The quantitative estimate of drug-likeness (QED) is 0.329. The van der Waals surface area contributed by atoms with E-state index in [4.69, 9.17) is 0 Å². The lowest BCUT2D eigenvalue weighted by molar-refractivity contribution is 0.464. The number of aromatic hydroxyl groups is 2. The van der Waals surface area contributed by atoms with Crippen LogP contribution in [0.5, 0.6) is 11.5 Å². The Bertz CT molecular complexity index is 806. The van der Waals surface area contributed by atoms with E-state index in [2.05, 4.69) is 53.7 Å². The van der Waals surface area contributed by atoms with Gasteiger partial charge in [-0.15, -0.1) is 0 Å². The first-order chi connectivity index (χ1) is 15.5. The molecule has 0 unspecified atom stereocenters. The van der Waals surface area contributed by atoms with Gasteiger partial charge >= 0.3 is 0 Å². The predicted molar refractivity (Wildman–Crippen MR) is 139 cm³/mol. The largest absolute Gasteiger partial charge is 0.508 e. The van der Waals surface area contributed by atoms with Crippen molar-refractivity contribution >= 4 is 0 Å². The fraction of sp³-hybridized carbons (Fsp3) is 0.600. The number of phenols is 2. The minimum atomic E-state index is 0.476. The van der Waals surface area contributed by atoms with Gasteiger partial charge in [0.1, 0.15) is 11.5 Å². The van der Waals surface area contributed by atoms with Crippen LogP contribution in [0.15, 0.2) is 12.1 Å². The van der Waals surface area contributed by atoms with Crippen LogP contribution in [-0.4, -0.2) is 10.2 Å². The second kappa shape index (κ2) is 12.9. The molecule has 2 heteroatoms. The number of aryl methyl sites for hydroxylation is 2. The van der Waals surface area contributed by atoms with Crippen LogP contribution in [0.2, 0.25) is 0 Å². The van der Waals surface area contributed by atoms with Gasteiger partial charge in [-0.2, -0.15) is 0 Å². The first kappa shape index (κ1) is 26.3. The molecule has 0 aliphatic carbocycles. The van der Waals surface area contributed by atoms with Crippen molar-refractivity contribution in [3.63, 3.8) is 0 Å². The Morgan fingerprint density at radius 2 is 0.719 bits per heavy atom. The third kappa shape index (κ3) is 5.69. The van der Waals surface area contributed by atoms with Crippen LogP contribution in [-0.2, 0) is 38.5 Å². The minimum Gasteiger partial charge on any atom is -0.508 e. The molecule has 0 fully saturated rings. The van der Waals surface area contributed by atoms with Crippen LogP contribution < -0.4 is 0 Å². The molecule has 0 atom stereocenters. The zero-order valence-electron chi connectivity index (χ0n) is 21.5. The lowest BCUT2D eigenvalue weighted by atomic mass is 9.78. The monoisotopic (exact) mass is 438 g/mol. The zero-order valence-corrected chi connectivity index (χ0v) is 21.5. The van der Waals surface area contributed by atoms with Crippen molar-refractivity contribution in [3.05, 3.63) is 45.5 Å². The van der Waals surface area contributed by atoms with E-state index >= 15 is 0 Å². The highest BCUT2D eigenvalue weighted by atomic mass is 16.3. The van der Waals surface area contributed by atoms with Crippen LogP contribution in [0.25, 0.3) is 11.1 Å². The summed E-state index contributed by atoms with van der Waals surface area (Å²) in [5.74, 6) is 0.952. The molecule has 2 aromatic rings. The van der Waals surface area contributed by atoms with Crippen molar-refractivity contribution < 1.29 is 10.2 Å². The molecule has 0 aliphatic heterocycles. The average Bonchev–Trinajstić information content (AvgIpc) is 2.75. The van der Waals surface area contributed by atoms with E-state index in [1.807, 2.05) is 0 Å². The normalized spacial score (nSPS) is 11.3. The summed E-state index contributed by atoms with van der Waals surface area (Å²) < 4.78 is 0. The van der Waals surface area contributed by atoms with Crippen LogP contribution in [0.3, 0.4) is 0 Å². The fourth-order valence-corrected chi connectivity index (χ4v) is 5.31. The van der Waals surface area contributed by atoms with Crippen molar-refractivity contribution in [2.24, 2.45) is 0 Å². The Hall–Kier alpha value is -1.96. The van der Waals surface area contributed by atoms with Crippen LogP contribution in [0.4, 0.5) is 0 Å². The third-order valence-electron chi connectivity index (χ3n) is 6.50. The summed E-state index contributed by atoms with van der Waals surface area (Å²) in [7, 11) is 0. The van der Waals surface area contributed by atoms with Crippen LogP contribution >= 0.6 is 0 Å². The van der Waals surface area contributed by atoms with Crippen molar-refractivity contribution in [2.75, 3.05) is 0 Å². The smallest absolute Gasteiger partial charge is 0.119 e. The highest BCUT2D eigenvalue weighted by molar-refractivity contribution is 5.81. The standard InChI is InChI=1S/C30H46O2/c1-7-13-21-19-27(31)23(15-9-3)25(17-11-5)29(21)30-22(14-8-2)20-28(32)24(16-10-4)26(30)18-12-6/h19-20,31-32H,7-18H2,1-6H3. The summed E-state index contributed by atoms with van der Waals surface area (Å²) >= 11 is 0. The van der Waals surface area contributed by atoms with Crippen molar-refractivity contribution in [3.8, 4) is 22.6 Å². The Morgan fingerprint density at radius 3 is 1.00 bits per heavy atom. The molecule has 0 heterocycles. The second-order valence-electron chi connectivity index (χ2n) is 9.27. The molecule has 0 radical (unpaired) electrons. The molecule has 0 amide bonds. The highest BCUT2D eigenvalue weighted by Gasteiger charge is 2.24. The fourth-order valence-electron chi connectivity index (χ4n) is 5.31. The number of rotatable bonds is 13. The maximum atomic E-state index is 11.0. The summed E-state index contributed by atoms with van der Waals surface area (Å²) in [6.45, 7) is 13.3. The van der Waals surface area contributed by atoms with E-state index in [0.717, 1.165) is 88.2 Å². The molecule has 0 saturated carbocycles. The lowest BCUT2D eigenvalue weighted by Crippen LogP contribution is -2.09. The Kier molecular flexibility index (Phi) is 10.6. The second-order valence-corrected chi connectivity index (χ2v) is 9.27. The van der Waals surface area contributed by atoms with E-state index in [1.54, 1.807) is 0 Å². The van der Waals surface area contributed by atoms with Gasteiger partial charge in [-0.25, -0.2) is 0 Å². The summed E-state index contributed by atoms with van der Waals surface area (Å²) in [6.07, 6.45) is 12.0. The zero-order chi connectivity index (χ0) is 23.7. The van der Waals surface area contributed by atoms with E-state index in [-0.39, 0.29) is 0 Å². The van der Waals surface area contributed by atoms with Gasteiger partial charge in [-0.05, 0) is 95.2 Å². The molecule has 0 aliphatic rings. The third-order valence-corrected chi connectivity index (χ3v) is 6.50. The van der Waals surface area contributed by atoms with Crippen LogP contribution in [0, 0.1) is 0 Å². The van der Waals surface area contributed by atoms with Gasteiger partial charge in [0.25, 0.3) is 0 Å². The molecular formula is C30H46O2. The van der Waals surface area contributed by atoms with Crippen molar-refractivity contribution in [1.29, 1.82) is 0 Å². The number of hydrogen-bond donors (Lipinski definition) is 2. The molecule has 2 rings (SSSR count). The minimum absolute atomic E-state index is 0.476. The van der Waals surface area contributed by atoms with Gasteiger partial charge in [0.05, 0.1) is 0 Å². The molecule has 178 valence electrons. The summed E-state index contributed by atoms with van der Waals surface area (Å²) in [6, 6.07) is 4.11. The van der Waals surface area contributed by atoms with E-state index in [0.29, 0.717) is 11.5 Å². The summed E-state index contributed by atoms with van der Waals surface area (Å²) in [5, 5.41) is 22.0. The SMILES string of the molecule is CCCc1cc(O)c(CCC)c(CCC)c1-c1c(CCC)cc(O)c(CCC)c1CCC. The molecule has 2 nitrogen and oxygen atoms in total. The number of hydrogen-bond acceptors (Lipinski definition) is 2. The average molecular weight is 439 g/mol. The van der Waals surface area contributed by atoms with Gasteiger partial charge in [0, 0.05) is 0 Å². The Balaban J connectivity index is 3.06. The molecule has 0 spiro atoms. The first-order valence-corrected chi connectivity index (χ1v) is 13.2. The molecular weight excluding hydrogens is 392 g/mol. The van der Waals surface area contributed by atoms with Gasteiger partial charge in [0.15, 0.2) is 0 Å².